The maximum Gasteiger partial charge on any atom is 0.151 e. The van der Waals surface area contributed by atoms with Crippen LogP contribution in [0.3, 0.4) is 0 Å². The molecule has 0 spiro atoms. The number of nitrogens with one attached hydrogen (secondary N) is 2. The van der Waals surface area contributed by atoms with E-state index in [1.807, 2.05) is 11.6 Å². The van der Waals surface area contributed by atoms with Gasteiger partial charge in [-0.05, 0) is 0 Å². The molecular formula is C7H11N7. The number of anilines is 2. The van der Waals surface area contributed by atoms with Crippen molar-refractivity contribution in [2.45, 2.75) is 6.54 Å². The van der Waals surface area contributed by atoms with E-state index in [4.69, 9.17) is 5.73 Å². The third kappa shape index (κ3) is 1.51. The van der Waals surface area contributed by atoms with Crippen LogP contribution in [0.4, 0.5) is 11.5 Å². The lowest BCUT2D eigenvalue weighted by Crippen LogP contribution is -2.06. The summed E-state index contributed by atoms with van der Waals surface area (Å²) in [6.07, 6.45) is 3.28. The number of H-pyrrole nitrogens is 1. The van der Waals surface area contributed by atoms with Gasteiger partial charge in [0.15, 0.2) is 5.82 Å². The average molecular weight is 193 g/mol. The fourth-order valence-electron chi connectivity index (χ4n) is 1.08. The molecule has 2 aromatic heterocycles. The summed E-state index contributed by atoms with van der Waals surface area (Å²) in [5.74, 6) is 1.36. The molecule has 0 aliphatic heterocycles. The predicted octanol–water partition coefficient (Wildman–Crippen LogP) is -0.268. The summed E-state index contributed by atoms with van der Waals surface area (Å²) in [6, 6.07) is 0. The van der Waals surface area contributed by atoms with Crippen molar-refractivity contribution < 1.29 is 0 Å². The van der Waals surface area contributed by atoms with E-state index in [0.717, 1.165) is 11.5 Å². The van der Waals surface area contributed by atoms with Gasteiger partial charge in [0.05, 0.1) is 18.4 Å². The van der Waals surface area contributed by atoms with Gasteiger partial charge in [0.1, 0.15) is 12.1 Å². The van der Waals surface area contributed by atoms with Crippen molar-refractivity contribution in [3.05, 3.63) is 18.3 Å². The molecule has 14 heavy (non-hydrogen) atoms. The summed E-state index contributed by atoms with van der Waals surface area (Å²) in [6.45, 7) is 0.570. The smallest absolute Gasteiger partial charge is 0.151 e. The van der Waals surface area contributed by atoms with Crippen molar-refractivity contribution in [3.63, 3.8) is 0 Å². The number of aryl methyl sites for hydroxylation is 1. The number of hydrogen-bond acceptors (Lipinski definition) is 5. The fourth-order valence-corrected chi connectivity index (χ4v) is 1.08. The van der Waals surface area contributed by atoms with Crippen LogP contribution in [0.2, 0.25) is 0 Å². The van der Waals surface area contributed by atoms with Crippen LogP contribution in [0, 0.1) is 0 Å². The van der Waals surface area contributed by atoms with E-state index in [1.54, 1.807) is 12.5 Å². The molecule has 7 heteroatoms. The maximum absolute atomic E-state index is 5.59. The van der Waals surface area contributed by atoms with Crippen molar-refractivity contribution in [2.75, 3.05) is 11.1 Å². The molecular weight excluding hydrogens is 182 g/mol. The van der Waals surface area contributed by atoms with Gasteiger partial charge in [0.25, 0.3) is 0 Å². The number of rotatable bonds is 3. The van der Waals surface area contributed by atoms with Gasteiger partial charge in [0.2, 0.25) is 0 Å². The van der Waals surface area contributed by atoms with Gasteiger partial charge in [-0.25, -0.2) is 0 Å². The number of aromatic nitrogens is 5. The standard InChI is InChI=1S/C7H11N7/c1-14-4-11-12-6(14)3-9-5-2-10-13-7(5)8/h2,4,9H,3H2,1H3,(H3,8,10,13). The first-order chi connectivity index (χ1) is 6.77. The lowest BCUT2D eigenvalue weighted by atomic mass is 10.5. The Morgan fingerprint density at radius 2 is 2.50 bits per heavy atom. The van der Waals surface area contributed by atoms with Crippen LogP contribution in [0.5, 0.6) is 0 Å². The maximum atomic E-state index is 5.59. The molecule has 0 amide bonds. The monoisotopic (exact) mass is 193 g/mol. The van der Waals surface area contributed by atoms with Gasteiger partial charge in [-0.2, -0.15) is 5.10 Å². The molecule has 74 valence electrons. The number of nitrogens with zero attached hydrogens (tertiary/aromatic N) is 4. The van der Waals surface area contributed by atoms with E-state index in [9.17, 15) is 0 Å². The molecule has 0 aliphatic carbocycles. The second-order valence-electron chi connectivity index (χ2n) is 2.91. The molecule has 2 rings (SSSR count). The van der Waals surface area contributed by atoms with Gasteiger partial charge in [-0.15, -0.1) is 10.2 Å². The second-order valence-corrected chi connectivity index (χ2v) is 2.91. The van der Waals surface area contributed by atoms with Crippen LogP contribution < -0.4 is 11.1 Å². The fraction of sp³-hybridized carbons (Fsp3) is 0.286. The summed E-state index contributed by atoms with van der Waals surface area (Å²) in [4.78, 5) is 0. The molecule has 0 radical (unpaired) electrons. The van der Waals surface area contributed by atoms with Crippen LogP contribution >= 0.6 is 0 Å². The van der Waals surface area contributed by atoms with E-state index in [2.05, 4.69) is 25.7 Å². The molecule has 0 bridgehead atoms. The van der Waals surface area contributed by atoms with Crippen molar-refractivity contribution in [1.82, 2.24) is 25.0 Å². The quantitative estimate of drug-likeness (QED) is 0.623. The molecule has 2 heterocycles. The molecule has 0 saturated carbocycles. The Bertz CT molecular complexity index is 375. The molecule has 0 aromatic carbocycles. The number of aromatic amines is 1. The predicted molar refractivity (Wildman–Crippen MR) is 51.3 cm³/mol. The van der Waals surface area contributed by atoms with E-state index in [0.29, 0.717) is 12.4 Å². The Morgan fingerprint density at radius 1 is 1.64 bits per heavy atom. The lowest BCUT2D eigenvalue weighted by Gasteiger charge is -2.03. The molecule has 0 fully saturated rings. The average Bonchev–Trinajstić information content (AvgIpc) is 2.72. The van der Waals surface area contributed by atoms with E-state index >= 15 is 0 Å². The van der Waals surface area contributed by atoms with Gasteiger partial charge in [-0.1, -0.05) is 0 Å². The summed E-state index contributed by atoms with van der Waals surface area (Å²) in [5, 5.41) is 17.2. The third-order valence-corrected chi connectivity index (χ3v) is 1.91. The largest absolute Gasteiger partial charge is 0.382 e. The van der Waals surface area contributed by atoms with E-state index in [1.165, 1.54) is 0 Å². The van der Waals surface area contributed by atoms with Gasteiger partial charge in [-0.3, -0.25) is 5.10 Å². The molecule has 0 saturated heterocycles. The topological polar surface area (TPSA) is 97.4 Å². The zero-order valence-electron chi connectivity index (χ0n) is 7.73. The first-order valence-corrected chi connectivity index (χ1v) is 4.13. The highest BCUT2D eigenvalue weighted by atomic mass is 15.3. The minimum Gasteiger partial charge on any atom is -0.382 e. The Morgan fingerprint density at radius 3 is 3.07 bits per heavy atom. The van der Waals surface area contributed by atoms with Crippen LogP contribution in [-0.2, 0) is 13.6 Å². The minimum absolute atomic E-state index is 0.521. The molecule has 4 N–H and O–H groups in total. The van der Waals surface area contributed by atoms with Crippen LogP contribution in [0.25, 0.3) is 0 Å². The zero-order chi connectivity index (χ0) is 9.97. The highest BCUT2D eigenvalue weighted by molar-refractivity contribution is 5.59. The van der Waals surface area contributed by atoms with Crippen molar-refractivity contribution in [1.29, 1.82) is 0 Å². The van der Waals surface area contributed by atoms with Gasteiger partial charge < -0.3 is 15.6 Å². The van der Waals surface area contributed by atoms with Gasteiger partial charge >= 0.3 is 0 Å². The van der Waals surface area contributed by atoms with Crippen molar-refractivity contribution in [3.8, 4) is 0 Å². The Balaban J connectivity index is 2.02. The molecule has 2 aromatic rings. The first-order valence-electron chi connectivity index (χ1n) is 4.13. The minimum atomic E-state index is 0.521. The normalized spacial score (nSPS) is 10.4. The van der Waals surface area contributed by atoms with Crippen molar-refractivity contribution >= 4 is 11.5 Å². The highest BCUT2D eigenvalue weighted by Gasteiger charge is 2.03. The number of nitrogens with two attached hydrogens (primary N) is 1. The Kier molecular flexibility index (Phi) is 2.05. The first kappa shape index (κ1) is 8.54. The molecule has 0 unspecified atom stereocenters. The number of nitrogen functional groups attached to an aromatic ring is 1. The summed E-state index contributed by atoms with van der Waals surface area (Å²) >= 11 is 0. The van der Waals surface area contributed by atoms with Crippen molar-refractivity contribution in [2.24, 2.45) is 7.05 Å². The molecule has 0 atom stereocenters. The second kappa shape index (κ2) is 3.36. The van der Waals surface area contributed by atoms with E-state index in [-0.39, 0.29) is 0 Å². The summed E-state index contributed by atoms with van der Waals surface area (Å²) < 4.78 is 1.84. The van der Waals surface area contributed by atoms with Crippen LogP contribution in [0.15, 0.2) is 12.5 Å². The van der Waals surface area contributed by atoms with Crippen LogP contribution in [-0.4, -0.2) is 25.0 Å². The summed E-state index contributed by atoms with van der Waals surface area (Å²) in [7, 11) is 1.88. The number of hydrogen-bond donors (Lipinski definition) is 3. The molecule has 0 aliphatic rings. The van der Waals surface area contributed by atoms with Crippen LogP contribution in [0.1, 0.15) is 5.82 Å². The molecule has 7 nitrogen and oxygen atoms in total. The highest BCUT2D eigenvalue weighted by Crippen LogP contribution is 2.13. The third-order valence-electron chi connectivity index (χ3n) is 1.91. The zero-order valence-corrected chi connectivity index (χ0v) is 7.73. The lowest BCUT2D eigenvalue weighted by molar-refractivity contribution is 0.812. The van der Waals surface area contributed by atoms with Gasteiger partial charge in [0, 0.05) is 7.05 Å². The Hall–Kier alpha value is -2.05. The SMILES string of the molecule is Cn1cnnc1CNc1cn[nH]c1N. The Labute approximate surface area is 80.3 Å². The summed E-state index contributed by atoms with van der Waals surface area (Å²) in [5.41, 5.74) is 6.37. The van der Waals surface area contributed by atoms with E-state index < -0.39 is 0 Å².